The van der Waals surface area contributed by atoms with Crippen LogP contribution in [0.4, 0.5) is 0 Å². The van der Waals surface area contributed by atoms with Crippen molar-refractivity contribution in [2.75, 3.05) is 14.2 Å². The third-order valence-corrected chi connectivity index (χ3v) is 3.63. The summed E-state index contributed by atoms with van der Waals surface area (Å²) in [6, 6.07) is 4.72. The molecule has 21 heavy (non-hydrogen) atoms. The average molecular weight is 327 g/mol. The zero-order valence-electron chi connectivity index (χ0n) is 11.8. The number of methoxy groups -OCH3 is 2. The summed E-state index contributed by atoms with van der Waals surface area (Å²) in [5.41, 5.74) is 1.79. The normalized spacial score (nSPS) is 17.9. The van der Waals surface area contributed by atoms with Crippen LogP contribution >= 0.6 is 23.8 Å². The molecule has 1 atom stereocenters. The zero-order chi connectivity index (χ0) is 15.6. The van der Waals surface area contributed by atoms with Gasteiger partial charge in [0.1, 0.15) is 5.75 Å². The van der Waals surface area contributed by atoms with Crippen LogP contribution in [0, 0.1) is 0 Å². The van der Waals surface area contributed by atoms with Gasteiger partial charge < -0.3 is 20.1 Å². The highest BCUT2D eigenvalue weighted by Crippen LogP contribution is 2.35. The van der Waals surface area contributed by atoms with E-state index in [9.17, 15) is 4.79 Å². The number of halogens is 1. The summed E-state index contributed by atoms with van der Waals surface area (Å²) in [6.07, 6.45) is 0. The van der Waals surface area contributed by atoms with E-state index in [0.29, 0.717) is 32.7 Å². The summed E-state index contributed by atoms with van der Waals surface area (Å²) < 4.78 is 10.2. The van der Waals surface area contributed by atoms with E-state index in [1.165, 1.54) is 7.11 Å². The molecule has 1 heterocycles. The van der Waals surface area contributed by atoms with Crippen LogP contribution in [0.1, 0.15) is 18.5 Å². The molecule has 0 radical (unpaired) electrons. The molecule has 112 valence electrons. The Morgan fingerprint density at radius 2 is 2.10 bits per heavy atom. The Labute approximate surface area is 133 Å². The summed E-state index contributed by atoms with van der Waals surface area (Å²) >= 11 is 11.2. The van der Waals surface area contributed by atoms with Gasteiger partial charge in [0.05, 0.1) is 25.8 Å². The Bertz CT molecular complexity index is 631. The minimum absolute atomic E-state index is 0.423. The Balaban J connectivity index is 2.59. The Morgan fingerprint density at radius 3 is 2.71 bits per heavy atom. The molecule has 0 saturated heterocycles. The van der Waals surface area contributed by atoms with Gasteiger partial charge in [-0.3, -0.25) is 0 Å². The van der Waals surface area contributed by atoms with Crippen molar-refractivity contribution < 1.29 is 14.3 Å². The standard InChI is InChI=1S/C14H15ClN2O3S/c1-7-11(13(18)20-3)12(17-14(21)16-7)9-6-8(15)4-5-10(9)19-2/h4-6,12H,1-3H3,(H2,16,17,21)/t12-/m1/s1. The Hall–Kier alpha value is -1.79. The SMILES string of the molecule is COC(=O)C1=C(C)NC(=S)N[C@@H]1c1cc(Cl)ccc1OC. The fraction of sp³-hybridized carbons (Fsp3) is 0.286. The van der Waals surface area contributed by atoms with E-state index in [2.05, 4.69) is 10.6 Å². The molecule has 2 N–H and O–H groups in total. The minimum Gasteiger partial charge on any atom is -0.496 e. The quantitative estimate of drug-likeness (QED) is 0.656. The number of carbonyl (C=O) groups is 1. The summed E-state index contributed by atoms with van der Waals surface area (Å²) in [5, 5.41) is 6.94. The van der Waals surface area contributed by atoms with Crippen LogP contribution in [0.3, 0.4) is 0 Å². The number of rotatable bonds is 3. The molecule has 7 heteroatoms. The predicted molar refractivity (Wildman–Crippen MR) is 84.3 cm³/mol. The maximum absolute atomic E-state index is 12.1. The van der Waals surface area contributed by atoms with Crippen LogP contribution in [0.15, 0.2) is 29.5 Å². The molecule has 5 nitrogen and oxygen atoms in total. The van der Waals surface area contributed by atoms with E-state index < -0.39 is 12.0 Å². The number of esters is 1. The van der Waals surface area contributed by atoms with E-state index in [1.807, 2.05) is 0 Å². The molecule has 1 aromatic carbocycles. The van der Waals surface area contributed by atoms with Crippen molar-refractivity contribution in [3.63, 3.8) is 0 Å². The van der Waals surface area contributed by atoms with Crippen LogP contribution in [0.25, 0.3) is 0 Å². The lowest BCUT2D eigenvalue weighted by Crippen LogP contribution is -2.45. The lowest BCUT2D eigenvalue weighted by molar-refractivity contribution is -0.136. The number of ether oxygens (including phenoxy) is 2. The van der Waals surface area contributed by atoms with Crippen molar-refractivity contribution in [1.29, 1.82) is 0 Å². The second kappa shape index (κ2) is 6.32. The topological polar surface area (TPSA) is 59.6 Å². The van der Waals surface area contributed by atoms with Gasteiger partial charge in [-0.1, -0.05) is 11.6 Å². The number of carbonyl (C=O) groups excluding carboxylic acids is 1. The molecule has 0 spiro atoms. The smallest absolute Gasteiger partial charge is 0.337 e. The molecule has 0 aromatic heterocycles. The molecule has 2 rings (SSSR count). The Morgan fingerprint density at radius 1 is 1.38 bits per heavy atom. The van der Waals surface area contributed by atoms with Crippen molar-refractivity contribution in [3.05, 3.63) is 40.1 Å². The predicted octanol–water partition coefficient (Wildman–Crippen LogP) is 2.31. The number of hydrogen-bond donors (Lipinski definition) is 2. The first-order chi connectivity index (χ1) is 9.97. The van der Waals surface area contributed by atoms with E-state index >= 15 is 0 Å². The fourth-order valence-electron chi connectivity index (χ4n) is 2.24. The molecule has 0 unspecified atom stereocenters. The molecule has 0 bridgehead atoms. The molecule has 1 aromatic rings. The van der Waals surface area contributed by atoms with Crippen LogP contribution in [0.5, 0.6) is 5.75 Å². The number of allylic oxidation sites excluding steroid dienone is 1. The molecule has 0 fully saturated rings. The van der Waals surface area contributed by atoms with Gasteiger partial charge in [0.25, 0.3) is 0 Å². The van der Waals surface area contributed by atoms with Crippen LogP contribution in [0.2, 0.25) is 5.02 Å². The maximum Gasteiger partial charge on any atom is 0.337 e. The van der Waals surface area contributed by atoms with Gasteiger partial charge in [0.2, 0.25) is 0 Å². The minimum atomic E-state index is -0.486. The second-order valence-corrected chi connectivity index (χ2v) is 5.29. The van der Waals surface area contributed by atoms with E-state index in [0.717, 1.165) is 0 Å². The zero-order valence-corrected chi connectivity index (χ0v) is 13.4. The van der Waals surface area contributed by atoms with Crippen molar-refractivity contribution in [3.8, 4) is 5.75 Å². The Kier molecular flexibility index (Phi) is 4.69. The maximum atomic E-state index is 12.1. The lowest BCUT2D eigenvalue weighted by atomic mass is 9.95. The first-order valence-corrected chi connectivity index (χ1v) is 6.96. The van der Waals surface area contributed by atoms with Gasteiger partial charge in [-0.05, 0) is 37.3 Å². The summed E-state index contributed by atoms with van der Waals surface area (Å²) in [6.45, 7) is 1.77. The highest BCUT2D eigenvalue weighted by atomic mass is 35.5. The van der Waals surface area contributed by atoms with Gasteiger partial charge in [-0.2, -0.15) is 0 Å². The van der Waals surface area contributed by atoms with Crippen LogP contribution < -0.4 is 15.4 Å². The van der Waals surface area contributed by atoms with Gasteiger partial charge >= 0.3 is 5.97 Å². The summed E-state index contributed by atoms with van der Waals surface area (Å²) in [4.78, 5) is 12.1. The fourth-order valence-corrected chi connectivity index (χ4v) is 2.69. The van der Waals surface area contributed by atoms with Gasteiger partial charge in [0.15, 0.2) is 5.11 Å². The van der Waals surface area contributed by atoms with Crippen LogP contribution in [-0.2, 0) is 9.53 Å². The first-order valence-electron chi connectivity index (χ1n) is 6.18. The highest BCUT2D eigenvalue weighted by molar-refractivity contribution is 7.80. The van der Waals surface area contributed by atoms with Crippen molar-refractivity contribution in [1.82, 2.24) is 10.6 Å². The largest absolute Gasteiger partial charge is 0.496 e. The average Bonchev–Trinajstić information content (AvgIpc) is 2.45. The summed E-state index contributed by atoms with van der Waals surface area (Å²) in [7, 11) is 2.89. The van der Waals surface area contributed by atoms with E-state index in [4.69, 9.17) is 33.3 Å². The van der Waals surface area contributed by atoms with Gasteiger partial charge in [0, 0.05) is 16.3 Å². The molecule has 1 aliphatic rings. The molecule has 0 saturated carbocycles. The third-order valence-electron chi connectivity index (χ3n) is 3.18. The van der Waals surface area contributed by atoms with Gasteiger partial charge in [-0.25, -0.2) is 4.79 Å². The molecule has 0 amide bonds. The number of thiocarbonyl (C=S) groups is 1. The first kappa shape index (κ1) is 15.6. The molecular weight excluding hydrogens is 312 g/mol. The second-order valence-electron chi connectivity index (χ2n) is 4.45. The van der Waals surface area contributed by atoms with E-state index in [-0.39, 0.29) is 0 Å². The number of benzene rings is 1. The summed E-state index contributed by atoms with van der Waals surface area (Å²) in [5.74, 6) is 0.165. The van der Waals surface area contributed by atoms with Crippen molar-refractivity contribution in [2.24, 2.45) is 0 Å². The lowest BCUT2D eigenvalue weighted by Gasteiger charge is -2.30. The number of hydrogen-bond acceptors (Lipinski definition) is 4. The molecular formula is C14H15ClN2O3S. The number of nitrogens with one attached hydrogen (secondary N) is 2. The van der Waals surface area contributed by atoms with Crippen molar-refractivity contribution in [2.45, 2.75) is 13.0 Å². The van der Waals surface area contributed by atoms with Crippen molar-refractivity contribution >= 4 is 34.9 Å². The monoisotopic (exact) mass is 326 g/mol. The molecule has 0 aliphatic carbocycles. The third kappa shape index (κ3) is 3.11. The van der Waals surface area contributed by atoms with E-state index in [1.54, 1.807) is 32.2 Å². The molecule has 1 aliphatic heterocycles. The van der Waals surface area contributed by atoms with Crippen LogP contribution in [-0.4, -0.2) is 25.3 Å². The highest BCUT2D eigenvalue weighted by Gasteiger charge is 2.32. The van der Waals surface area contributed by atoms with Gasteiger partial charge in [-0.15, -0.1) is 0 Å².